The van der Waals surface area contributed by atoms with Crippen LogP contribution in [0.15, 0.2) is 42.5 Å². The molecular weight excluding hydrogens is 342 g/mol. The molecule has 0 saturated carbocycles. The smallest absolute Gasteiger partial charge is 0.249 e. The SMILES string of the molecule is CC(=O)N1[C@H](Cc2ccccc2)C=C[C@]1(C)C(=O)NCCN1CCOCC1. The molecule has 1 aromatic carbocycles. The molecule has 0 unspecified atom stereocenters. The van der Waals surface area contributed by atoms with E-state index in [1.54, 1.807) is 4.90 Å². The van der Waals surface area contributed by atoms with Gasteiger partial charge < -0.3 is 15.0 Å². The molecule has 1 saturated heterocycles. The van der Waals surface area contributed by atoms with Crippen molar-refractivity contribution in [2.75, 3.05) is 39.4 Å². The lowest BCUT2D eigenvalue weighted by atomic mass is 10.00. The van der Waals surface area contributed by atoms with Crippen LogP contribution in [0.2, 0.25) is 0 Å². The zero-order chi connectivity index (χ0) is 19.3. The quantitative estimate of drug-likeness (QED) is 0.764. The first-order valence-corrected chi connectivity index (χ1v) is 9.62. The maximum absolute atomic E-state index is 12.9. The van der Waals surface area contributed by atoms with Crippen LogP contribution >= 0.6 is 0 Å². The van der Waals surface area contributed by atoms with Crippen LogP contribution in [-0.4, -0.2) is 72.6 Å². The third-order valence-corrected chi connectivity index (χ3v) is 5.38. The van der Waals surface area contributed by atoms with E-state index in [-0.39, 0.29) is 17.9 Å². The number of carbonyl (C=O) groups is 2. The molecule has 1 aromatic rings. The zero-order valence-corrected chi connectivity index (χ0v) is 16.2. The van der Waals surface area contributed by atoms with Crippen LogP contribution in [0.25, 0.3) is 0 Å². The molecule has 0 radical (unpaired) electrons. The monoisotopic (exact) mass is 371 g/mol. The Bertz CT molecular complexity index is 685. The van der Waals surface area contributed by atoms with Crippen molar-refractivity contribution in [1.82, 2.24) is 15.1 Å². The summed E-state index contributed by atoms with van der Waals surface area (Å²) in [6.07, 6.45) is 4.55. The number of carbonyl (C=O) groups excluding carboxylic acids is 2. The van der Waals surface area contributed by atoms with Gasteiger partial charge in [-0.3, -0.25) is 14.5 Å². The van der Waals surface area contributed by atoms with Gasteiger partial charge in [-0.2, -0.15) is 0 Å². The summed E-state index contributed by atoms with van der Waals surface area (Å²) in [5, 5.41) is 3.02. The predicted molar refractivity (Wildman–Crippen MR) is 104 cm³/mol. The Kier molecular flexibility index (Phi) is 6.29. The number of nitrogens with one attached hydrogen (secondary N) is 1. The fraction of sp³-hybridized carbons (Fsp3) is 0.524. The van der Waals surface area contributed by atoms with Crippen molar-refractivity contribution >= 4 is 11.8 Å². The van der Waals surface area contributed by atoms with Gasteiger partial charge in [-0.25, -0.2) is 0 Å². The summed E-state index contributed by atoms with van der Waals surface area (Å²) in [7, 11) is 0. The van der Waals surface area contributed by atoms with Crippen molar-refractivity contribution in [1.29, 1.82) is 0 Å². The summed E-state index contributed by atoms with van der Waals surface area (Å²) in [6, 6.07) is 9.93. The predicted octanol–water partition coefficient (Wildman–Crippen LogP) is 1.22. The molecule has 3 rings (SSSR count). The van der Waals surface area contributed by atoms with Gasteiger partial charge in [-0.1, -0.05) is 42.5 Å². The van der Waals surface area contributed by atoms with E-state index in [9.17, 15) is 9.59 Å². The van der Waals surface area contributed by atoms with E-state index in [2.05, 4.69) is 10.2 Å². The molecule has 0 bridgehead atoms. The van der Waals surface area contributed by atoms with E-state index in [1.807, 2.05) is 49.4 Å². The summed E-state index contributed by atoms with van der Waals surface area (Å²) < 4.78 is 5.34. The van der Waals surface area contributed by atoms with E-state index < -0.39 is 5.54 Å². The van der Waals surface area contributed by atoms with Crippen LogP contribution < -0.4 is 5.32 Å². The highest BCUT2D eigenvalue weighted by Crippen LogP contribution is 2.30. The zero-order valence-electron chi connectivity index (χ0n) is 16.2. The van der Waals surface area contributed by atoms with Gasteiger partial charge in [0.15, 0.2) is 0 Å². The number of benzene rings is 1. The molecule has 6 heteroatoms. The Morgan fingerprint density at radius 3 is 2.59 bits per heavy atom. The third-order valence-electron chi connectivity index (χ3n) is 5.38. The molecular formula is C21H29N3O3. The second kappa shape index (κ2) is 8.67. The molecule has 2 heterocycles. The van der Waals surface area contributed by atoms with E-state index in [0.29, 0.717) is 13.0 Å². The van der Waals surface area contributed by atoms with Crippen LogP contribution in [0.1, 0.15) is 19.4 Å². The minimum absolute atomic E-state index is 0.0910. The van der Waals surface area contributed by atoms with Gasteiger partial charge in [-0.15, -0.1) is 0 Å². The molecule has 2 amide bonds. The van der Waals surface area contributed by atoms with Gasteiger partial charge >= 0.3 is 0 Å². The van der Waals surface area contributed by atoms with E-state index in [4.69, 9.17) is 4.74 Å². The fourth-order valence-electron chi connectivity index (χ4n) is 3.90. The normalized spacial score (nSPS) is 25.6. The van der Waals surface area contributed by atoms with E-state index in [0.717, 1.165) is 38.4 Å². The van der Waals surface area contributed by atoms with E-state index in [1.165, 1.54) is 6.92 Å². The average Bonchev–Trinajstić information content (AvgIpc) is 3.01. The second-order valence-corrected chi connectivity index (χ2v) is 7.36. The average molecular weight is 371 g/mol. The molecule has 0 aliphatic carbocycles. The Morgan fingerprint density at radius 2 is 1.93 bits per heavy atom. The van der Waals surface area contributed by atoms with Gasteiger partial charge in [0.1, 0.15) is 5.54 Å². The van der Waals surface area contributed by atoms with E-state index >= 15 is 0 Å². The van der Waals surface area contributed by atoms with Crippen LogP contribution in [0.3, 0.4) is 0 Å². The van der Waals surface area contributed by atoms with Crippen molar-refractivity contribution in [3.05, 3.63) is 48.0 Å². The van der Waals surface area contributed by atoms with Crippen molar-refractivity contribution in [2.24, 2.45) is 0 Å². The summed E-state index contributed by atoms with van der Waals surface area (Å²) in [5.74, 6) is -0.218. The fourth-order valence-corrected chi connectivity index (χ4v) is 3.90. The Morgan fingerprint density at radius 1 is 1.22 bits per heavy atom. The van der Waals surface area contributed by atoms with Gasteiger partial charge in [0.2, 0.25) is 11.8 Å². The molecule has 2 aliphatic rings. The molecule has 2 aliphatic heterocycles. The molecule has 6 nitrogen and oxygen atoms in total. The number of nitrogens with zero attached hydrogens (tertiary/aromatic N) is 2. The highest BCUT2D eigenvalue weighted by molar-refractivity contribution is 5.93. The maximum atomic E-state index is 12.9. The third kappa shape index (κ3) is 4.57. The number of hydrogen-bond acceptors (Lipinski definition) is 4. The summed E-state index contributed by atoms with van der Waals surface area (Å²) in [5.41, 5.74) is 0.200. The lowest BCUT2D eigenvalue weighted by Gasteiger charge is -2.37. The summed E-state index contributed by atoms with van der Waals surface area (Å²) >= 11 is 0. The molecule has 27 heavy (non-hydrogen) atoms. The van der Waals surface area contributed by atoms with Crippen molar-refractivity contribution < 1.29 is 14.3 Å². The Labute approximate surface area is 161 Å². The minimum Gasteiger partial charge on any atom is -0.379 e. The first kappa shape index (κ1) is 19.6. The van der Waals surface area contributed by atoms with Crippen LogP contribution in [0, 0.1) is 0 Å². The second-order valence-electron chi connectivity index (χ2n) is 7.36. The molecule has 1 fully saturated rings. The molecule has 0 aromatic heterocycles. The standard InChI is InChI=1S/C21H29N3O3/c1-17(25)24-19(16-18-6-4-3-5-7-18)8-9-21(24,2)20(26)22-10-11-23-12-14-27-15-13-23/h3-9,19H,10-16H2,1-2H3,(H,22,26)/t19-,21+/m0/s1. The number of morpholine rings is 1. The molecule has 146 valence electrons. The highest BCUT2D eigenvalue weighted by atomic mass is 16.5. The summed E-state index contributed by atoms with van der Waals surface area (Å²) in [4.78, 5) is 29.3. The lowest BCUT2D eigenvalue weighted by molar-refractivity contribution is -0.143. The molecule has 2 atom stereocenters. The largest absolute Gasteiger partial charge is 0.379 e. The first-order valence-electron chi connectivity index (χ1n) is 9.62. The Balaban J connectivity index is 1.61. The topological polar surface area (TPSA) is 61.9 Å². The van der Waals surface area contributed by atoms with Crippen molar-refractivity contribution in [3.8, 4) is 0 Å². The van der Waals surface area contributed by atoms with Gasteiger partial charge in [0, 0.05) is 33.1 Å². The van der Waals surface area contributed by atoms with Crippen LogP contribution in [-0.2, 0) is 20.7 Å². The van der Waals surface area contributed by atoms with Gasteiger partial charge in [0.05, 0.1) is 19.3 Å². The number of ether oxygens (including phenoxy) is 1. The Hall–Kier alpha value is -2.18. The highest BCUT2D eigenvalue weighted by Gasteiger charge is 2.45. The lowest BCUT2D eigenvalue weighted by Crippen LogP contribution is -2.58. The minimum atomic E-state index is -0.948. The first-order chi connectivity index (χ1) is 13.0. The van der Waals surface area contributed by atoms with Gasteiger partial charge in [0.25, 0.3) is 0 Å². The number of rotatable bonds is 6. The van der Waals surface area contributed by atoms with Crippen molar-refractivity contribution in [2.45, 2.75) is 31.8 Å². The maximum Gasteiger partial charge on any atom is 0.249 e. The number of hydrogen-bond donors (Lipinski definition) is 1. The number of amides is 2. The molecule has 0 spiro atoms. The van der Waals surface area contributed by atoms with Crippen LogP contribution in [0.5, 0.6) is 0 Å². The summed E-state index contributed by atoms with van der Waals surface area (Å²) in [6.45, 7) is 7.99. The molecule has 1 N–H and O–H groups in total. The van der Waals surface area contributed by atoms with Crippen LogP contribution in [0.4, 0.5) is 0 Å². The van der Waals surface area contributed by atoms with Crippen molar-refractivity contribution in [3.63, 3.8) is 0 Å². The van der Waals surface area contributed by atoms with Gasteiger partial charge in [-0.05, 0) is 18.9 Å².